The fourth-order valence-corrected chi connectivity index (χ4v) is 3.01. The van der Waals surface area contributed by atoms with Crippen molar-refractivity contribution in [3.05, 3.63) is 77.0 Å². The van der Waals surface area contributed by atoms with Crippen LogP contribution in [0.25, 0.3) is 0 Å². The number of rotatable bonds is 7. The van der Waals surface area contributed by atoms with Crippen LogP contribution in [0.2, 0.25) is 0 Å². The number of nitrogens with zero attached hydrogens (tertiary/aromatic N) is 2. The number of ether oxygens (including phenoxy) is 1. The SMILES string of the molecule is CC(C)c1ccccc1CCc1nnc(Cc2ccc(OC(F)(F)F)cc2)o1. The first-order valence-corrected chi connectivity index (χ1v) is 9.04. The molecule has 2 aromatic carbocycles. The third kappa shape index (κ3) is 5.58. The maximum Gasteiger partial charge on any atom is 0.573 e. The van der Waals surface area contributed by atoms with Gasteiger partial charge >= 0.3 is 6.36 Å². The second-order valence-electron chi connectivity index (χ2n) is 6.81. The summed E-state index contributed by atoms with van der Waals surface area (Å²) in [7, 11) is 0. The predicted molar refractivity (Wildman–Crippen MR) is 98.2 cm³/mol. The van der Waals surface area contributed by atoms with Gasteiger partial charge in [-0.3, -0.25) is 0 Å². The molecule has 0 atom stereocenters. The van der Waals surface area contributed by atoms with Crippen LogP contribution in [0.3, 0.4) is 0 Å². The third-order valence-corrected chi connectivity index (χ3v) is 4.31. The van der Waals surface area contributed by atoms with Crippen LogP contribution in [0.15, 0.2) is 52.9 Å². The molecule has 7 heteroatoms. The number of hydrogen-bond donors (Lipinski definition) is 0. The molecule has 0 aliphatic heterocycles. The van der Waals surface area contributed by atoms with E-state index < -0.39 is 6.36 Å². The van der Waals surface area contributed by atoms with Gasteiger partial charge in [0.25, 0.3) is 0 Å². The lowest BCUT2D eigenvalue weighted by Crippen LogP contribution is -2.17. The first-order valence-electron chi connectivity index (χ1n) is 9.04. The molecule has 4 nitrogen and oxygen atoms in total. The lowest BCUT2D eigenvalue weighted by Gasteiger charge is -2.11. The maximum atomic E-state index is 12.2. The first kappa shape index (κ1) is 19.9. The molecular formula is C21H21F3N2O2. The van der Waals surface area contributed by atoms with Crippen molar-refractivity contribution < 1.29 is 22.3 Å². The average molecular weight is 390 g/mol. The van der Waals surface area contributed by atoms with E-state index in [1.54, 1.807) is 12.1 Å². The molecule has 0 aliphatic carbocycles. The van der Waals surface area contributed by atoms with Gasteiger partial charge in [-0.05, 0) is 41.2 Å². The van der Waals surface area contributed by atoms with Crippen molar-refractivity contribution in [2.45, 2.75) is 45.4 Å². The Balaban J connectivity index is 1.59. The van der Waals surface area contributed by atoms with Crippen LogP contribution < -0.4 is 4.74 Å². The molecule has 0 N–H and O–H groups in total. The van der Waals surface area contributed by atoms with Gasteiger partial charge in [0, 0.05) is 6.42 Å². The molecule has 0 amide bonds. The Hall–Kier alpha value is -2.83. The molecule has 0 fully saturated rings. The van der Waals surface area contributed by atoms with Crippen LogP contribution in [-0.4, -0.2) is 16.6 Å². The highest BCUT2D eigenvalue weighted by Crippen LogP contribution is 2.24. The Labute approximate surface area is 161 Å². The second kappa shape index (κ2) is 8.46. The molecule has 0 saturated heterocycles. The van der Waals surface area contributed by atoms with Crippen LogP contribution in [0.4, 0.5) is 13.2 Å². The zero-order chi connectivity index (χ0) is 20.1. The van der Waals surface area contributed by atoms with E-state index in [2.05, 4.69) is 40.9 Å². The Morgan fingerprint density at radius 2 is 1.61 bits per heavy atom. The van der Waals surface area contributed by atoms with E-state index in [1.807, 2.05) is 12.1 Å². The molecule has 0 bridgehead atoms. The van der Waals surface area contributed by atoms with Gasteiger partial charge in [-0.15, -0.1) is 23.4 Å². The van der Waals surface area contributed by atoms with E-state index >= 15 is 0 Å². The van der Waals surface area contributed by atoms with E-state index in [0.717, 1.165) is 12.0 Å². The van der Waals surface area contributed by atoms with Crippen molar-refractivity contribution in [3.8, 4) is 5.75 Å². The van der Waals surface area contributed by atoms with E-state index in [-0.39, 0.29) is 5.75 Å². The van der Waals surface area contributed by atoms with Crippen molar-refractivity contribution >= 4 is 0 Å². The second-order valence-corrected chi connectivity index (χ2v) is 6.81. The van der Waals surface area contributed by atoms with E-state index in [9.17, 15) is 13.2 Å². The fourth-order valence-electron chi connectivity index (χ4n) is 3.01. The molecule has 0 unspecified atom stereocenters. The monoisotopic (exact) mass is 390 g/mol. The summed E-state index contributed by atoms with van der Waals surface area (Å²) in [6, 6.07) is 13.9. The molecule has 3 aromatic rings. The highest BCUT2D eigenvalue weighted by Gasteiger charge is 2.30. The number of benzene rings is 2. The van der Waals surface area contributed by atoms with Crippen LogP contribution in [0.5, 0.6) is 5.75 Å². The highest BCUT2D eigenvalue weighted by molar-refractivity contribution is 5.30. The molecule has 1 aromatic heterocycles. The predicted octanol–water partition coefficient (Wildman–Crippen LogP) is 5.47. The average Bonchev–Trinajstić information content (AvgIpc) is 3.08. The zero-order valence-electron chi connectivity index (χ0n) is 15.7. The zero-order valence-corrected chi connectivity index (χ0v) is 15.7. The van der Waals surface area contributed by atoms with E-state index in [4.69, 9.17) is 4.42 Å². The topological polar surface area (TPSA) is 48.2 Å². The molecular weight excluding hydrogens is 369 g/mol. The van der Waals surface area contributed by atoms with Crippen molar-refractivity contribution in [2.24, 2.45) is 0 Å². The van der Waals surface area contributed by atoms with E-state index in [0.29, 0.717) is 30.5 Å². The molecule has 0 aliphatic rings. The summed E-state index contributed by atoms with van der Waals surface area (Å²) in [5.74, 6) is 1.16. The summed E-state index contributed by atoms with van der Waals surface area (Å²) in [5, 5.41) is 8.11. The molecule has 148 valence electrons. The summed E-state index contributed by atoms with van der Waals surface area (Å²) in [4.78, 5) is 0. The molecule has 0 spiro atoms. The van der Waals surface area contributed by atoms with Gasteiger partial charge in [0.2, 0.25) is 11.8 Å². The molecule has 0 radical (unpaired) electrons. The van der Waals surface area contributed by atoms with Gasteiger partial charge in [0.1, 0.15) is 5.75 Å². The third-order valence-electron chi connectivity index (χ3n) is 4.31. The van der Waals surface area contributed by atoms with Crippen molar-refractivity contribution in [1.82, 2.24) is 10.2 Å². The van der Waals surface area contributed by atoms with Gasteiger partial charge in [-0.25, -0.2) is 0 Å². The summed E-state index contributed by atoms with van der Waals surface area (Å²) in [5.41, 5.74) is 3.33. The molecule has 0 saturated carbocycles. The number of aromatic nitrogens is 2. The van der Waals surface area contributed by atoms with Gasteiger partial charge < -0.3 is 9.15 Å². The summed E-state index contributed by atoms with van der Waals surface area (Å²) >= 11 is 0. The van der Waals surface area contributed by atoms with Crippen LogP contribution >= 0.6 is 0 Å². The quantitative estimate of drug-likeness (QED) is 0.537. The standard InChI is InChI=1S/C21H21F3N2O2/c1-14(2)18-6-4-3-5-16(18)9-12-19-25-26-20(27-19)13-15-7-10-17(11-8-15)28-21(22,23)24/h3-8,10-11,14H,9,12-13H2,1-2H3. The van der Waals surface area contributed by atoms with Crippen molar-refractivity contribution in [3.63, 3.8) is 0 Å². The number of alkyl halides is 3. The Morgan fingerprint density at radius 1 is 0.929 bits per heavy atom. The van der Waals surface area contributed by atoms with Gasteiger partial charge in [-0.2, -0.15) is 0 Å². The summed E-state index contributed by atoms with van der Waals surface area (Å²) < 4.78 is 46.1. The van der Waals surface area contributed by atoms with Crippen LogP contribution in [-0.2, 0) is 19.3 Å². The molecule has 3 rings (SSSR count). The maximum absolute atomic E-state index is 12.2. The van der Waals surface area contributed by atoms with Gasteiger partial charge in [0.05, 0.1) is 6.42 Å². The normalized spacial score (nSPS) is 11.8. The van der Waals surface area contributed by atoms with E-state index in [1.165, 1.54) is 23.3 Å². The van der Waals surface area contributed by atoms with Crippen molar-refractivity contribution in [2.75, 3.05) is 0 Å². The minimum absolute atomic E-state index is 0.258. The first-order chi connectivity index (χ1) is 13.3. The molecule has 1 heterocycles. The fraction of sp³-hybridized carbons (Fsp3) is 0.333. The number of hydrogen-bond acceptors (Lipinski definition) is 4. The van der Waals surface area contributed by atoms with Crippen molar-refractivity contribution in [1.29, 1.82) is 0 Å². The van der Waals surface area contributed by atoms with Crippen LogP contribution in [0, 0.1) is 0 Å². The number of aryl methyl sites for hydroxylation is 2. The number of halogens is 3. The van der Waals surface area contributed by atoms with Crippen LogP contribution in [0.1, 0.15) is 48.2 Å². The summed E-state index contributed by atoms with van der Waals surface area (Å²) in [6.45, 7) is 4.32. The smallest absolute Gasteiger partial charge is 0.425 e. The van der Waals surface area contributed by atoms with Gasteiger partial charge in [0.15, 0.2) is 0 Å². The lowest BCUT2D eigenvalue weighted by molar-refractivity contribution is -0.274. The largest absolute Gasteiger partial charge is 0.573 e. The Morgan fingerprint density at radius 3 is 2.29 bits per heavy atom. The Kier molecular flexibility index (Phi) is 6.02. The minimum Gasteiger partial charge on any atom is -0.425 e. The Bertz CT molecular complexity index is 903. The van der Waals surface area contributed by atoms with Gasteiger partial charge in [-0.1, -0.05) is 50.2 Å². The highest BCUT2D eigenvalue weighted by atomic mass is 19.4. The lowest BCUT2D eigenvalue weighted by atomic mass is 9.94. The molecule has 28 heavy (non-hydrogen) atoms. The minimum atomic E-state index is -4.70. The summed E-state index contributed by atoms with van der Waals surface area (Å²) in [6.07, 6.45) is -2.91.